The topological polar surface area (TPSA) is 29.5 Å². The number of nitrogens with zero attached hydrogens (tertiary/aromatic N) is 1. The normalized spacial score (nSPS) is 20.4. The number of piperidine rings is 1. The highest BCUT2D eigenvalue weighted by atomic mass is 16.5. The van der Waals surface area contributed by atoms with E-state index in [2.05, 4.69) is 4.90 Å². The molecule has 3 rings (SSSR count). The minimum Gasteiger partial charge on any atom is -0.494 e. The Morgan fingerprint density at radius 2 is 1.70 bits per heavy atom. The highest BCUT2D eigenvalue weighted by Gasteiger charge is 2.28. The van der Waals surface area contributed by atoms with Gasteiger partial charge in [-0.3, -0.25) is 4.79 Å². The molecule has 3 heteroatoms. The number of ether oxygens (including phenoxy) is 1. The molecule has 1 amide bonds. The van der Waals surface area contributed by atoms with Gasteiger partial charge >= 0.3 is 0 Å². The molecule has 1 aliphatic heterocycles. The number of hydrogen-bond acceptors (Lipinski definition) is 2. The van der Waals surface area contributed by atoms with Crippen molar-refractivity contribution in [3.8, 4) is 5.75 Å². The Balaban J connectivity index is 1.36. The van der Waals surface area contributed by atoms with Crippen LogP contribution in [0.25, 0.3) is 0 Å². The number of para-hydroxylation sites is 1. The van der Waals surface area contributed by atoms with E-state index in [0.29, 0.717) is 17.7 Å². The smallest absolute Gasteiger partial charge is 0.225 e. The number of hydrogen-bond donors (Lipinski definition) is 0. The van der Waals surface area contributed by atoms with E-state index in [-0.39, 0.29) is 0 Å². The molecule has 0 radical (unpaired) electrons. The summed E-state index contributed by atoms with van der Waals surface area (Å²) in [4.78, 5) is 14.7. The van der Waals surface area contributed by atoms with Gasteiger partial charge in [0.2, 0.25) is 5.91 Å². The summed E-state index contributed by atoms with van der Waals surface area (Å²) in [5.74, 6) is 2.41. The van der Waals surface area contributed by atoms with Crippen molar-refractivity contribution in [3.05, 3.63) is 30.3 Å². The van der Waals surface area contributed by atoms with Crippen LogP contribution in [0.2, 0.25) is 0 Å². The predicted octanol–water partition coefficient (Wildman–Crippen LogP) is 4.27. The van der Waals surface area contributed by atoms with Crippen LogP contribution in [0.3, 0.4) is 0 Å². The fourth-order valence-corrected chi connectivity index (χ4v) is 3.91. The molecule has 1 saturated carbocycles. The lowest BCUT2D eigenvalue weighted by atomic mass is 9.87. The molecule has 1 aromatic carbocycles. The summed E-state index contributed by atoms with van der Waals surface area (Å²) in [5, 5.41) is 0. The lowest BCUT2D eigenvalue weighted by molar-refractivity contribution is -0.138. The standard InChI is InChI=1S/C20H29NO2/c22-20(18-7-3-1-4-8-18)21-14-11-17(12-15-21)13-16-23-19-9-5-2-6-10-19/h2,5-6,9-10,17-18H,1,3-4,7-8,11-16H2. The van der Waals surface area contributed by atoms with Crippen LogP contribution in [0.15, 0.2) is 30.3 Å². The first-order valence-electron chi connectivity index (χ1n) is 9.29. The Kier molecular flexibility index (Phi) is 5.95. The zero-order chi connectivity index (χ0) is 15.9. The third kappa shape index (κ3) is 4.73. The Morgan fingerprint density at radius 3 is 2.39 bits per heavy atom. The molecular weight excluding hydrogens is 286 g/mol. The predicted molar refractivity (Wildman–Crippen MR) is 92.4 cm³/mol. The quantitative estimate of drug-likeness (QED) is 0.812. The first kappa shape index (κ1) is 16.4. The van der Waals surface area contributed by atoms with Crippen molar-refractivity contribution in [1.82, 2.24) is 4.90 Å². The number of likely N-dealkylation sites (tertiary alicyclic amines) is 1. The van der Waals surface area contributed by atoms with Gasteiger partial charge in [0, 0.05) is 19.0 Å². The summed E-state index contributed by atoms with van der Waals surface area (Å²) >= 11 is 0. The van der Waals surface area contributed by atoms with Crippen molar-refractivity contribution < 1.29 is 9.53 Å². The average molecular weight is 315 g/mol. The molecule has 0 unspecified atom stereocenters. The molecule has 1 heterocycles. The summed E-state index contributed by atoms with van der Waals surface area (Å²) in [5.41, 5.74) is 0. The number of amides is 1. The summed E-state index contributed by atoms with van der Waals surface area (Å²) in [6.07, 6.45) is 9.39. The van der Waals surface area contributed by atoms with Crippen LogP contribution in [-0.2, 0) is 4.79 Å². The molecule has 0 N–H and O–H groups in total. The molecule has 23 heavy (non-hydrogen) atoms. The Morgan fingerprint density at radius 1 is 1.00 bits per heavy atom. The van der Waals surface area contributed by atoms with Crippen molar-refractivity contribution in [2.45, 2.75) is 51.4 Å². The maximum atomic E-state index is 12.6. The zero-order valence-corrected chi connectivity index (χ0v) is 14.1. The summed E-state index contributed by atoms with van der Waals surface area (Å²) in [7, 11) is 0. The van der Waals surface area contributed by atoms with Gasteiger partial charge in [-0.25, -0.2) is 0 Å². The number of rotatable bonds is 5. The minimum absolute atomic E-state index is 0.321. The van der Waals surface area contributed by atoms with Crippen molar-refractivity contribution in [2.24, 2.45) is 11.8 Å². The fourth-order valence-electron chi connectivity index (χ4n) is 3.91. The second-order valence-electron chi connectivity index (χ2n) is 7.05. The van der Waals surface area contributed by atoms with E-state index >= 15 is 0 Å². The van der Waals surface area contributed by atoms with Crippen LogP contribution in [0.5, 0.6) is 5.75 Å². The van der Waals surface area contributed by atoms with E-state index in [1.165, 1.54) is 19.3 Å². The molecule has 1 aliphatic carbocycles. The zero-order valence-electron chi connectivity index (χ0n) is 14.1. The maximum Gasteiger partial charge on any atom is 0.225 e. The highest BCUT2D eigenvalue weighted by molar-refractivity contribution is 5.79. The molecule has 0 bridgehead atoms. The van der Waals surface area contributed by atoms with Gasteiger partial charge in [0.1, 0.15) is 5.75 Å². The molecule has 2 aliphatic rings. The van der Waals surface area contributed by atoms with E-state index in [9.17, 15) is 4.79 Å². The molecule has 126 valence electrons. The van der Waals surface area contributed by atoms with Gasteiger partial charge in [-0.2, -0.15) is 0 Å². The number of benzene rings is 1. The molecule has 1 aromatic rings. The second-order valence-corrected chi connectivity index (χ2v) is 7.05. The Bertz CT molecular complexity index is 474. The molecule has 0 spiro atoms. The molecule has 0 aromatic heterocycles. The van der Waals surface area contributed by atoms with Gasteiger partial charge in [0.25, 0.3) is 0 Å². The van der Waals surface area contributed by atoms with Gasteiger partial charge < -0.3 is 9.64 Å². The van der Waals surface area contributed by atoms with E-state index in [1.54, 1.807) is 0 Å². The van der Waals surface area contributed by atoms with Crippen molar-refractivity contribution in [2.75, 3.05) is 19.7 Å². The van der Waals surface area contributed by atoms with E-state index < -0.39 is 0 Å². The van der Waals surface area contributed by atoms with E-state index in [4.69, 9.17) is 4.74 Å². The lowest BCUT2D eigenvalue weighted by Crippen LogP contribution is -2.42. The Hall–Kier alpha value is -1.51. The van der Waals surface area contributed by atoms with Gasteiger partial charge in [0.05, 0.1) is 6.61 Å². The SMILES string of the molecule is O=C(C1CCCCC1)N1CCC(CCOc2ccccc2)CC1. The maximum absolute atomic E-state index is 12.6. The van der Waals surface area contributed by atoms with Crippen LogP contribution in [0.1, 0.15) is 51.4 Å². The first-order valence-corrected chi connectivity index (χ1v) is 9.29. The number of carbonyl (C=O) groups excluding carboxylic acids is 1. The fraction of sp³-hybridized carbons (Fsp3) is 0.650. The summed E-state index contributed by atoms with van der Waals surface area (Å²) in [6, 6.07) is 10.0. The van der Waals surface area contributed by atoms with Gasteiger partial charge in [-0.05, 0) is 50.2 Å². The summed E-state index contributed by atoms with van der Waals surface area (Å²) < 4.78 is 5.80. The van der Waals surface area contributed by atoms with Crippen LogP contribution >= 0.6 is 0 Å². The summed E-state index contributed by atoms with van der Waals surface area (Å²) in [6.45, 7) is 2.68. The second kappa shape index (κ2) is 8.37. The van der Waals surface area contributed by atoms with Gasteiger partial charge in [-0.1, -0.05) is 37.5 Å². The van der Waals surface area contributed by atoms with Crippen molar-refractivity contribution in [1.29, 1.82) is 0 Å². The van der Waals surface area contributed by atoms with Crippen LogP contribution in [0, 0.1) is 11.8 Å². The third-order valence-electron chi connectivity index (χ3n) is 5.42. The van der Waals surface area contributed by atoms with Crippen LogP contribution in [-0.4, -0.2) is 30.5 Å². The van der Waals surface area contributed by atoms with E-state index in [1.807, 2.05) is 30.3 Å². The monoisotopic (exact) mass is 315 g/mol. The minimum atomic E-state index is 0.321. The molecule has 1 saturated heterocycles. The molecule has 2 fully saturated rings. The van der Waals surface area contributed by atoms with E-state index in [0.717, 1.165) is 57.6 Å². The van der Waals surface area contributed by atoms with Crippen LogP contribution < -0.4 is 4.74 Å². The van der Waals surface area contributed by atoms with Gasteiger partial charge in [-0.15, -0.1) is 0 Å². The molecular formula is C20H29NO2. The lowest BCUT2D eigenvalue weighted by Gasteiger charge is -2.35. The third-order valence-corrected chi connectivity index (χ3v) is 5.42. The largest absolute Gasteiger partial charge is 0.494 e. The Labute approximate surface area is 140 Å². The average Bonchev–Trinajstić information content (AvgIpc) is 2.63. The van der Waals surface area contributed by atoms with Crippen molar-refractivity contribution >= 4 is 5.91 Å². The molecule has 3 nitrogen and oxygen atoms in total. The first-order chi connectivity index (χ1) is 11.3. The molecule has 0 atom stereocenters. The van der Waals surface area contributed by atoms with Crippen molar-refractivity contribution in [3.63, 3.8) is 0 Å². The van der Waals surface area contributed by atoms with Gasteiger partial charge in [0.15, 0.2) is 0 Å². The number of carbonyl (C=O) groups is 1. The highest BCUT2D eigenvalue weighted by Crippen LogP contribution is 2.28. The van der Waals surface area contributed by atoms with Crippen LogP contribution in [0.4, 0.5) is 0 Å².